The number of fused-ring (bicyclic) bond motifs is 9. The maximum Gasteiger partial charge on any atom is 0.143 e. The quantitative estimate of drug-likeness (QED) is 0.169. The largest absolute Gasteiger partial charge is 0.456 e. The van der Waals surface area contributed by atoms with Crippen molar-refractivity contribution in [2.45, 2.75) is 0 Å². The Labute approximate surface area is 320 Å². The van der Waals surface area contributed by atoms with Gasteiger partial charge in [0.05, 0.1) is 0 Å². The van der Waals surface area contributed by atoms with Crippen LogP contribution in [0.4, 0.5) is 0 Å². The summed E-state index contributed by atoms with van der Waals surface area (Å²) in [5.41, 5.74) is 10.7. The van der Waals surface area contributed by atoms with E-state index in [-0.39, 0.29) is 0 Å². The molecule has 55 heavy (non-hydrogen) atoms. The lowest BCUT2D eigenvalue weighted by Crippen LogP contribution is -1.91. The van der Waals surface area contributed by atoms with Gasteiger partial charge in [-0.2, -0.15) is 0 Å². The van der Waals surface area contributed by atoms with E-state index >= 15 is 0 Å². The lowest BCUT2D eigenvalue weighted by molar-refractivity contribution is 0.632. The fourth-order valence-electron chi connectivity index (χ4n) is 8.88. The molecular formula is C52H30O2S. The summed E-state index contributed by atoms with van der Waals surface area (Å²) in [5, 5.41) is 10.7. The van der Waals surface area contributed by atoms with Crippen molar-refractivity contribution < 1.29 is 8.83 Å². The van der Waals surface area contributed by atoms with Crippen LogP contribution in [-0.2, 0) is 0 Å². The van der Waals surface area contributed by atoms with Crippen LogP contribution in [0.5, 0.6) is 0 Å². The van der Waals surface area contributed by atoms with Crippen molar-refractivity contribution in [3.05, 3.63) is 182 Å². The highest BCUT2D eigenvalue weighted by atomic mass is 32.1. The molecule has 0 saturated heterocycles. The minimum absolute atomic E-state index is 0.842. The molecule has 0 amide bonds. The van der Waals surface area contributed by atoms with Gasteiger partial charge in [-0.25, -0.2) is 0 Å². The lowest BCUT2D eigenvalue weighted by Gasteiger charge is -2.18. The Balaban J connectivity index is 1.10. The molecule has 3 heterocycles. The number of benzene rings is 9. The van der Waals surface area contributed by atoms with E-state index in [1.54, 1.807) is 0 Å². The molecule has 0 aliphatic heterocycles. The van der Waals surface area contributed by atoms with E-state index in [0.717, 1.165) is 60.9 Å². The third-order valence-corrected chi connectivity index (χ3v) is 12.5. The standard InChI is InChI=1S/C52H30O2S/c1-3-14-31(15-4-1)49-43-30-45-42(29-46(43)54-51(49)32-16-5-2-6-17-32)41-28-33(26-27-44(41)53-45)48-35-19-7-9-21-37(35)50(38-22-10-8-20-36(38)48)40-24-13-23-39-34-18-11-12-25-47(34)55-52(39)40/h1-30H. The van der Waals surface area contributed by atoms with Gasteiger partial charge in [0.25, 0.3) is 0 Å². The van der Waals surface area contributed by atoms with Gasteiger partial charge in [0.2, 0.25) is 0 Å². The molecule has 0 spiro atoms. The number of hydrogen-bond donors (Lipinski definition) is 0. The van der Waals surface area contributed by atoms with E-state index in [4.69, 9.17) is 8.83 Å². The molecule has 0 atom stereocenters. The van der Waals surface area contributed by atoms with Crippen LogP contribution in [0, 0.1) is 0 Å². The highest BCUT2D eigenvalue weighted by Gasteiger charge is 2.22. The molecule has 0 radical (unpaired) electrons. The first kappa shape index (κ1) is 30.5. The van der Waals surface area contributed by atoms with Crippen molar-refractivity contribution >= 4 is 86.0 Å². The molecule has 12 aromatic rings. The van der Waals surface area contributed by atoms with Gasteiger partial charge in [-0.15, -0.1) is 11.3 Å². The molecule has 12 rings (SSSR count). The molecule has 3 heteroatoms. The zero-order valence-electron chi connectivity index (χ0n) is 29.5. The maximum absolute atomic E-state index is 6.76. The third-order valence-electron chi connectivity index (χ3n) is 11.3. The maximum atomic E-state index is 6.76. The number of furan rings is 2. The van der Waals surface area contributed by atoms with Crippen LogP contribution in [0.2, 0.25) is 0 Å². The topological polar surface area (TPSA) is 26.3 Å². The van der Waals surface area contributed by atoms with E-state index in [1.165, 1.54) is 58.4 Å². The summed E-state index contributed by atoms with van der Waals surface area (Å²) in [6.07, 6.45) is 0. The molecule has 0 bridgehead atoms. The molecule has 0 saturated carbocycles. The van der Waals surface area contributed by atoms with Crippen molar-refractivity contribution in [3.63, 3.8) is 0 Å². The monoisotopic (exact) mass is 718 g/mol. The lowest BCUT2D eigenvalue weighted by atomic mass is 9.85. The predicted octanol–water partition coefficient (Wildman–Crippen LogP) is 15.7. The van der Waals surface area contributed by atoms with Gasteiger partial charge >= 0.3 is 0 Å². The summed E-state index contributed by atoms with van der Waals surface area (Å²) < 4.78 is 16.0. The second-order valence-electron chi connectivity index (χ2n) is 14.3. The van der Waals surface area contributed by atoms with Gasteiger partial charge in [-0.05, 0) is 74.1 Å². The van der Waals surface area contributed by atoms with E-state index in [0.29, 0.717) is 0 Å². The molecule has 0 fully saturated rings. The van der Waals surface area contributed by atoms with Crippen LogP contribution in [0.3, 0.4) is 0 Å². The Morgan fingerprint density at radius 2 is 0.873 bits per heavy atom. The van der Waals surface area contributed by atoms with Gasteiger partial charge < -0.3 is 8.83 Å². The number of thiophene rings is 1. The predicted molar refractivity (Wildman–Crippen MR) is 233 cm³/mol. The van der Waals surface area contributed by atoms with Crippen molar-refractivity contribution in [2.24, 2.45) is 0 Å². The Bertz CT molecular complexity index is 3420. The van der Waals surface area contributed by atoms with E-state index < -0.39 is 0 Å². The SMILES string of the molecule is c1ccc(-c2oc3cc4c(cc3c2-c2ccccc2)oc2ccc(-c3c5ccccc5c(-c5cccc6c5sc5ccccc56)c5ccccc35)cc24)cc1. The fourth-order valence-corrected chi connectivity index (χ4v) is 10.1. The van der Waals surface area contributed by atoms with Crippen molar-refractivity contribution in [2.75, 3.05) is 0 Å². The number of rotatable bonds is 4. The van der Waals surface area contributed by atoms with E-state index in [9.17, 15) is 0 Å². The second-order valence-corrected chi connectivity index (χ2v) is 15.4. The van der Waals surface area contributed by atoms with Gasteiger partial charge in [-0.3, -0.25) is 0 Å². The summed E-state index contributed by atoms with van der Waals surface area (Å²) in [6, 6.07) is 65.2. The highest BCUT2D eigenvalue weighted by molar-refractivity contribution is 7.26. The zero-order valence-corrected chi connectivity index (χ0v) is 30.4. The first-order valence-corrected chi connectivity index (χ1v) is 19.5. The van der Waals surface area contributed by atoms with Gasteiger partial charge in [0.15, 0.2) is 0 Å². The minimum Gasteiger partial charge on any atom is -0.456 e. The fraction of sp³-hybridized carbons (Fsp3) is 0. The van der Waals surface area contributed by atoms with Crippen LogP contribution < -0.4 is 0 Å². The molecule has 2 nitrogen and oxygen atoms in total. The van der Waals surface area contributed by atoms with Crippen LogP contribution in [0.1, 0.15) is 0 Å². The van der Waals surface area contributed by atoms with Crippen LogP contribution in [-0.4, -0.2) is 0 Å². The summed E-state index contributed by atoms with van der Waals surface area (Å²) in [5.74, 6) is 0.865. The molecule has 0 aliphatic rings. The van der Waals surface area contributed by atoms with Gasteiger partial charge in [0.1, 0.15) is 22.5 Å². The summed E-state index contributed by atoms with van der Waals surface area (Å²) in [7, 11) is 0. The molecule has 0 unspecified atom stereocenters. The molecule has 0 aliphatic carbocycles. The molecule has 0 N–H and O–H groups in total. The average molecular weight is 719 g/mol. The summed E-state index contributed by atoms with van der Waals surface area (Å²) in [4.78, 5) is 0. The third kappa shape index (κ3) is 4.54. The average Bonchev–Trinajstić information content (AvgIpc) is 3.93. The highest BCUT2D eigenvalue weighted by Crippen LogP contribution is 2.49. The Kier molecular flexibility index (Phi) is 6.54. The second kappa shape index (κ2) is 11.8. The van der Waals surface area contributed by atoms with Gasteiger partial charge in [-0.1, -0.05) is 152 Å². The minimum atomic E-state index is 0.842. The first-order valence-electron chi connectivity index (χ1n) is 18.7. The molecular weight excluding hydrogens is 689 g/mol. The Morgan fingerprint density at radius 1 is 0.309 bits per heavy atom. The van der Waals surface area contributed by atoms with Crippen molar-refractivity contribution in [3.8, 4) is 44.7 Å². The van der Waals surface area contributed by atoms with Gasteiger partial charge in [0, 0.05) is 53.0 Å². The van der Waals surface area contributed by atoms with Crippen molar-refractivity contribution in [1.29, 1.82) is 0 Å². The Morgan fingerprint density at radius 3 is 1.60 bits per heavy atom. The summed E-state index contributed by atoms with van der Waals surface area (Å²) >= 11 is 1.89. The zero-order chi connectivity index (χ0) is 36.0. The number of hydrogen-bond acceptors (Lipinski definition) is 3. The molecule has 256 valence electrons. The normalized spacial score (nSPS) is 12.0. The van der Waals surface area contributed by atoms with E-state index in [2.05, 4.69) is 176 Å². The first-order chi connectivity index (χ1) is 27.3. The van der Waals surface area contributed by atoms with Crippen LogP contribution >= 0.6 is 11.3 Å². The van der Waals surface area contributed by atoms with E-state index in [1.807, 2.05) is 17.4 Å². The summed E-state index contributed by atoms with van der Waals surface area (Å²) in [6.45, 7) is 0. The smallest absolute Gasteiger partial charge is 0.143 e. The Hall–Kier alpha value is -6.94. The van der Waals surface area contributed by atoms with Crippen LogP contribution in [0.25, 0.3) is 119 Å². The van der Waals surface area contributed by atoms with Crippen LogP contribution in [0.15, 0.2) is 191 Å². The molecule has 3 aromatic heterocycles. The van der Waals surface area contributed by atoms with Crippen molar-refractivity contribution in [1.82, 2.24) is 0 Å². The molecule has 9 aromatic carbocycles.